The van der Waals surface area contributed by atoms with Gasteiger partial charge in [0.2, 0.25) is 14.6 Å². The van der Waals surface area contributed by atoms with Crippen LogP contribution < -0.4 is 5.73 Å². The Morgan fingerprint density at radius 2 is 2.00 bits per heavy atom. The van der Waals surface area contributed by atoms with Gasteiger partial charge < -0.3 is 15.0 Å². The summed E-state index contributed by atoms with van der Waals surface area (Å²) in [5, 5.41) is 0. The summed E-state index contributed by atoms with van der Waals surface area (Å²) in [6, 6.07) is 8.06. The average molecular weight is 325 g/mol. The number of hydrogen-bond donors (Lipinski definition) is 1. The van der Waals surface area contributed by atoms with E-state index in [1.54, 1.807) is 18.2 Å². The van der Waals surface area contributed by atoms with Crippen LogP contribution in [0.15, 0.2) is 46.3 Å². The molecule has 1 aromatic carbocycles. The molecule has 0 bridgehead atoms. The molecule has 0 fully saturated rings. The van der Waals surface area contributed by atoms with E-state index in [0.29, 0.717) is 13.2 Å². The zero-order chi connectivity index (χ0) is 15.5. The van der Waals surface area contributed by atoms with Crippen molar-refractivity contribution in [3.05, 3.63) is 41.3 Å². The lowest BCUT2D eigenvalue weighted by Crippen LogP contribution is -2.17. The molecule has 0 aliphatic rings. The van der Waals surface area contributed by atoms with Crippen LogP contribution in [0.4, 0.5) is 5.82 Å². The predicted octanol–water partition coefficient (Wildman–Crippen LogP) is 1.67. The number of nitrogens with zero attached hydrogens (tertiary/aromatic N) is 2. The highest BCUT2D eigenvalue weighted by Gasteiger charge is 2.22. The van der Waals surface area contributed by atoms with Crippen molar-refractivity contribution < 1.29 is 13.2 Å². The zero-order valence-corrected chi connectivity index (χ0v) is 13.0. The first-order valence-electron chi connectivity index (χ1n) is 6.13. The minimum Gasteiger partial charge on any atom is -0.384 e. The zero-order valence-electron chi connectivity index (χ0n) is 11.4. The first-order chi connectivity index (χ1) is 9.98. The van der Waals surface area contributed by atoms with Crippen LogP contribution in [0.1, 0.15) is 0 Å². The Kier molecular flexibility index (Phi) is 4.71. The number of benzene rings is 1. The van der Waals surface area contributed by atoms with Crippen molar-refractivity contribution in [2.45, 2.75) is 16.3 Å². The lowest BCUT2D eigenvalue weighted by atomic mass is 10.4. The molecular formula is C13H15N3O3S2. The molecule has 0 radical (unpaired) electrons. The van der Waals surface area contributed by atoms with Gasteiger partial charge in [-0.2, -0.15) is 0 Å². The van der Waals surface area contributed by atoms with E-state index in [1.165, 1.54) is 30.0 Å². The molecule has 1 heterocycles. The number of nitrogens with two attached hydrogens (primary N) is 1. The molecule has 2 rings (SSSR count). The van der Waals surface area contributed by atoms with Gasteiger partial charge in [-0.3, -0.25) is 0 Å². The Bertz CT molecular complexity index is 786. The van der Waals surface area contributed by atoms with Crippen LogP contribution >= 0.6 is 12.2 Å². The Morgan fingerprint density at radius 1 is 1.33 bits per heavy atom. The Labute approximate surface area is 128 Å². The van der Waals surface area contributed by atoms with Gasteiger partial charge in [0.15, 0.2) is 0 Å². The highest BCUT2D eigenvalue weighted by atomic mass is 32.2. The van der Waals surface area contributed by atoms with Gasteiger partial charge in [-0.25, -0.2) is 13.4 Å². The van der Waals surface area contributed by atoms with Crippen molar-refractivity contribution >= 4 is 27.9 Å². The summed E-state index contributed by atoms with van der Waals surface area (Å²) < 4.78 is 31.8. The highest BCUT2D eigenvalue weighted by Crippen LogP contribution is 2.25. The Balaban J connectivity index is 2.58. The Hall–Kier alpha value is -1.77. The molecule has 6 nitrogen and oxygen atoms in total. The predicted molar refractivity (Wildman–Crippen MR) is 81.2 cm³/mol. The minimum atomic E-state index is -3.73. The second-order valence-corrected chi connectivity index (χ2v) is 6.53. The number of anilines is 1. The third-order valence-corrected chi connectivity index (χ3v) is 5.04. The number of methoxy groups -OCH3 is 1. The number of aromatic nitrogens is 2. The number of nitrogen functional groups attached to an aromatic ring is 1. The second kappa shape index (κ2) is 6.33. The number of sulfone groups is 1. The largest absolute Gasteiger partial charge is 0.384 e. The maximum Gasteiger partial charge on any atom is 0.211 e. The number of ether oxygens (including phenoxy) is 1. The first-order valence-corrected chi connectivity index (χ1v) is 8.02. The summed E-state index contributed by atoms with van der Waals surface area (Å²) in [6.07, 6.45) is 1.20. The van der Waals surface area contributed by atoms with Crippen molar-refractivity contribution in [3.8, 4) is 0 Å². The van der Waals surface area contributed by atoms with E-state index in [4.69, 9.17) is 22.7 Å². The lowest BCUT2D eigenvalue weighted by molar-refractivity contribution is 0.186. The van der Waals surface area contributed by atoms with Crippen LogP contribution in [-0.2, 0) is 21.1 Å². The molecule has 0 saturated carbocycles. The van der Waals surface area contributed by atoms with Gasteiger partial charge in [0.05, 0.1) is 24.2 Å². The van der Waals surface area contributed by atoms with Gasteiger partial charge in [0.1, 0.15) is 10.7 Å². The smallest absolute Gasteiger partial charge is 0.211 e. The van der Waals surface area contributed by atoms with Gasteiger partial charge >= 0.3 is 0 Å². The maximum absolute atomic E-state index is 12.6. The Morgan fingerprint density at radius 3 is 2.62 bits per heavy atom. The van der Waals surface area contributed by atoms with E-state index in [2.05, 4.69) is 4.98 Å². The topological polar surface area (TPSA) is 87.2 Å². The molecule has 0 amide bonds. The average Bonchev–Trinajstić information content (AvgIpc) is 2.48. The van der Waals surface area contributed by atoms with Gasteiger partial charge in [-0.15, -0.1) is 0 Å². The molecule has 0 atom stereocenters. The van der Waals surface area contributed by atoms with Crippen molar-refractivity contribution in [2.24, 2.45) is 0 Å². The molecule has 0 saturated heterocycles. The highest BCUT2D eigenvalue weighted by molar-refractivity contribution is 7.91. The fraction of sp³-hybridized carbons (Fsp3) is 0.231. The van der Waals surface area contributed by atoms with Gasteiger partial charge in [-0.1, -0.05) is 18.2 Å². The minimum absolute atomic E-state index is 0.0570. The monoisotopic (exact) mass is 325 g/mol. The fourth-order valence-electron chi connectivity index (χ4n) is 1.82. The molecule has 2 N–H and O–H groups in total. The van der Waals surface area contributed by atoms with E-state index in [1.807, 2.05) is 0 Å². The third kappa shape index (κ3) is 3.12. The van der Waals surface area contributed by atoms with Crippen LogP contribution in [-0.4, -0.2) is 31.7 Å². The molecule has 0 unspecified atom stereocenters. The van der Waals surface area contributed by atoms with Crippen LogP contribution in [0.5, 0.6) is 0 Å². The third-order valence-electron chi connectivity index (χ3n) is 2.93. The number of hydrogen-bond acceptors (Lipinski definition) is 6. The summed E-state index contributed by atoms with van der Waals surface area (Å²) in [6.45, 7) is 0.696. The van der Waals surface area contributed by atoms with E-state index in [-0.39, 0.29) is 20.4 Å². The van der Waals surface area contributed by atoms with Crippen molar-refractivity contribution in [1.82, 2.24) is 9.55 Å². The van der Waals surface area contributed by atoms with E-state index in [0.717, 1.165) is 0 Å². The molecule has 2 aromatic rings. The molecule has 8 heteroatoms. The quantitative estimate of drug-likeness (QED) is 0.842. The van der Waals surface area contributed by atoms with Crippen LogP contribution in [0.3, 0.4) is 0 Å². The summed E-state index contributed by atoms with van der Waals surface area (Å²) >= 11 is 5.07. The van der Waals surface area contributed by atoms with Crippen LogP contribution in [0.2, 0.25) is 0 Å². The van der Waals surface area contributed by atoms with E-state index >= 15 is 0 Å². The van der Waals surface area contributed by atoms with Gasteiger partial charge in [0.25, 0.3) is 0 Å². The molecular weight excluding hydrogens is 310 g/mol. The van der Waals surface area contributed by atoms with E-state index in [9.17, 15) is 8.42 Å². The lowest BCUT2D eigenvalue weighted by Gasteiger charge is -2.13. The standard InChI is InChI=1S/C13H15N3O3S2/c1-19-8-7-16-12(14)11(9-15-13(16)20)21(17,18)10-5-3-2-4-6-10/h2-6,9H,7-8,14H2,1H3. The molecule has 1 aromatic heterocycles. The maximum atomic E-state index is 12.6. The van der Waals surface area contributed by atoms with Gasteiger partial charge in [-0.05, 0) is 24.4 Å². The first kappa shape index (κ1) is 15.6. The summed E-state index contributed by atoms with van der Waals surface area (Å²) in [4.78, 5) is 4.05. The summed E-state index contributed by atoms with van der Waals surface area (Å²) in [5.41, 5.74) is 5.97. The fourth-order valence-corrected chi connectivity index (χ4v) is 3.41. The second-order valence-electron chi connectivity index (χ2n) is 4.25. The number of rotatable bonds is 5. The SMILES string of the molecule is COCCn1c(N)c(S(=O)(=O)c2ccccc2)cnc1=S. The molecule has 112 valence electrons. The van der Waals surface area contributed by atoms with Crippen molar-refractivity contribution in [2.75, 3.05) is 19.5 Å². The summed E-state index contributed by atoms with van der Waals surface area (Å²) in [5.74, 6) is 0.0657. The van der Waals surface area contributed by atoms with Crippen molar-refractivity contribution in [1.29, 1.82) is 0 Å². The van der Waals surface area contributed by atoms with Crippen LogP contribution in [0, 0.1) is 4.77 Å². The van der Waals surface area contributed by atoms with E-state index < -0.39 is 9.84 Å². The molecule has 0 aliphatic carbocycles. The van der Waals surface area contributed by atoms with Crippen molar-refractivity contribution in [3.63, 3.8) is 0 Å². The molecule has 21 heavy (non-hydrogen) atoms. The van der Waals surface area contributed by atoms with Crippen LogP contribution in [0.25, 0.3) is 0 Å². The molecule has 0 aliphatic heterocycles. The summed E-state index contributed by atoms with van der Waals surface area (Å²) in [7, 11) is -2.19. The van der Waals surface area contributed by atoms with Gasteiger partial charge in [0, 0.05) is 7.11 Å². The molecule has 0 spiro atoms. The normalized spacial score (nSPS) is 11.5.